The van der Waals surface area contributed by atoms with Crippen LogP contribution in [0.2, 0.25) is 0 Å². The van der Waals surface area contributed by atoms with E-state index in [1.165, 1.54) is 17.7 Å². The molecule has 2 amide bonds. The Labute approximate surface area is 182 Å². The fraction of sp³-hybridized carbons (Fsp3) is 0.385. The van der Waals surface area contributed by atoms with Crippen LogP contribution in [-0.4, -0.2) is 34.8 Å². The van der Waals surface area contributed by atoms with Crippen LogP contribution in [0, 0.1) is 12.8 Å². The van der Waals surface area contributed by atoms with E-state index < -0.39 is 0 Å². The molecule has 2 N–H and O–H groups in total. The number of aromatic amines is 1. The van der Waals surface area contributed by atoms with Crippen LogP contribution >= 0.6 is 0 Å². The standard InChI is InChI=1S/C26H29N3O2/c1-16-11-12-21-20(15-16)18-8-6-9-19(24(18)27-21)25(30)28-22-10-5-7-17(2)23(22)26(31)29-13-3-4-14-29/h5-10,16,27H,3-4,11-15H2,1-2H3,(H,28,30). The zero-order valence-electron chi connectivity index (χ0n) is 18.3. The Morgan fingerprint density at radius 3 is 2.68 bits per heavy atom. The molecular formula is C26H29N3O2. The third kappa shape index (κ3) is 3.52. The first-order valence-corrected chi connectivity index (χ1v) is 11.4. The fourth-order valence-electron chi connectivity index (χ4n) is 5.13. The molecule has 0 saturated carbocycles. The summed E-state index contributed by atoms with van der Waals surface area (Å²) in [5, 5.41) is 4.19. The lowest BCUT2D eigenvalue weighted by molar-refractivity contribution is 0.0793. The molecule has 31 heavy (non-hydrogen) atoms. The molecule has 160 valence electrons. The van der Waals surface area contributed by atoms with Gasteiger partial charge in [-0.15, -0.1) is 0 Å². The molecule has 5 nitrogen and oxygen atoms in total. The number of hydrogen-bond donors (Lipinski definition) is 2. The highest BCUT2D eigenvalue weighted by Gasteiger charge is 2.26. The van der Waals surface area contributed by atoms with Crippen molar-refractivity contribution in [3.05, 3.63) is 64.3 Å². The van der Waals surface area contributed by atoms with Crippen LogP contribution in [0.3, 0.4) is 0 Å². The second kappa shape index (κ2) is 7.88. The van der Waals surface area contributed by atoms with Gasteiger partial charge in [-0.3, -0.25) is 9.59 Å². The van der Waals surface area contributed by atoms with Crippen LogP contribution in [0.4, 0.5) is 5.69 Å². The smallest absolute Gasteiger partial charge is 0.257 e. The summed E-state index contributed by atoms with van der Waals surface area (Å²) in [5.41, 5.74) is 6.21. The van der Waals surface area contributed by atoms with E-state index in [4.69, 9.17) is 0 Å². The Morgan fingerprint density at radius 2 is 1.87 bits per heavy atom. The van der Waals surface area contributed by atoms with Gasteiger partial charge in [0.15, 0.2) is 0 Å². The maximum absolute atomic E-state index is 13.4. The van der Waals surface area contributed by atoms with Gasteiger partial charge in [0.2, 0.25) is 0 Å². The number of rotatable bonds is 3. The van der Waals surface area contributed by atoms with E-state index in [1.54, 1.807) is 0 Å². The number of likely N-dealkylation sites (tertiary alicyclic amines) is 1. The molecule has 2 heterocycles. The quantitative estimate of drug-likeness (QED) is 0.626. The number of hydrogen-bond acceptors (Lipinski definition) is 2. The summed E-state index contributed by atoms with van der Waals surface area (Å²) in [6.45, 7) is 5.79. The number of nitrogens with one attached hydrogen (secondary N) is 2. The molecule has 1 saturated heterocycles. The Balaban J connectivity index is 1.50. The SMILES string of the molecule is Cc1cccc(NC(=O)c2cccc3c4c([nH]c23)CCC(C)C4)c1C(=O)N1CCCC1. The van der Waals surface area contributed by atoms with Gasteiger partial charge in [0.05, 0.1) is 22.3 Å². The first-order chi connectivity index (χ1) is 15.0. The average molecular weight is 416 g/mol. The topological polar surface area (TPSA) is 65.2 Å². The Kier molecular flexibility index (Phi) is 5.05. The highest BCUT2D eigenvalue weighted by Crippen LogP contribution is 2.33. The summed E-state index contributed by atoms with van der Waals surface area (Å²) < 4.78 is 0. The summed E-state index contributed by atoms with van der Waals surface area (Å²) in [7, 11) is 0. The minimum Gasteiger partial charge on any atom is -0.358 e. The van der Waals surface area contributed by atoms with Crippen molar-refractivity contribution in [1.82, 2.24) is 9.88 Å². The van der Waals surface area contributed by atoms with Crippen LogP contribution in [0.1, 0.15) is 63.7 Å². The van der Waals surface area contributed by atoms with E-state index in [2.05, 4.69) is 23.3 Å². The van der Waals surface area contributed by atoms with E-state index in [9.17, 15) is 9.59 Å². The zero-order chi connectivity index (χ0) is 21.5. The van der Waals surface area contributed by atoms with E-state index in [0.717, 1.165) is 55.2 Å². The molecular weight excluding hydrogens is 386 g/mol. The van der Waals surface area contributed by atoms with Gasteiger partial charge in [0.1, 0.15) is 0 Å². The third-order valence-electron chi connectivity index (χ3n) is 6.84. The van der Waals surface area contributed by atoms with Crippen molar-refractivity contribution in [2.24, 2.45) is 5.92 Å². The Bertz CT molecular complexity index is 1170. The molecule has 1 fully saturated rings. The summed E-state index contributed by atoms with van der Waals surface area (Å²) in [6.07, 6.45) is 5.33. The number of aromatic nitrogens is 1. The van der Waals surface area contributed by atoms with Crippen molar-refractivity contribution in [2.75, 3.05) is 18.4 Å². The van der Waals surface area contributed by atoms with Crippen molar-refractivity contribution < 1.29 is 9.59 Å². The minimum atomic E-state index is -0.182. The molecule has 0 radical (unpaired) electrons. The predicted octanol–water partition coefficient (Wildman–Crippen LogP) is 5.09. The number of nitrogens with zero attached hydrogens (tertiary/aromatic N) is 1. The van der Waals surface area contributed by atoms with Gasteiger partial charge in [0, 0.05) is 24.2 Å². The maximum atomic E-state index is 13.4. The zero-order valence-corrected chi connectivity index (χ0v) is 18.3. The molecule has 0 spiro atoms. The lowest BCUT2D eigenvalue weighted by Crippen LogP contribution is -2.29. The number of benzene rings is 2. The predicted molar refractivity (Wildman–Crippen MR) is 124 cm³/mol. The normalized spacial score (nSPS) is 18.3. The van der Waals surface area contributed by atoms with Crippen molar-refractivity contribution >= 4 is 28.4 Å². The molecule has 5 rings (SSSR count). The van der Waals surface area contributed by atoms with Gasteiger partial charge in [-0.2, -0.15) is 0 Å². The van der Waals surface area contributed by atoms with Gasteiger partial charge >= 0.3 is 0 Å². The van der Waals surface area contributed by atoms with Crippen LogP contribution in [0.25, 0.3) is 10.9 Å². The van der Waals surface area contributed by atoms with E-state index >= 15 is 0 Å². The molecule has 1 aliphatic carbocycles. The number of aryl methyl sites for hydroxylation is 2. The first-order valence-electron chi connectivity index (χ1n) is 11.4. The van der Waals surface area contributed by atoms with Gasteiger partial charge in [-0.25, -0.2) is 0 Å². The number of para-hydroxylation sites is 1. The monoisotopic (exact) mass is 415 g/mol. The molecule has 5 heteroatoms. The lowest BCUT2D eigenvalue weighted by atomic mass is 9.87. The molecule has 1 aromatic heterocycles. The number of amides is 2. The second-order valence-electron chi connectivity index (χ2n) is 9.11. The minimum absolute atomic E-state index is 0.00781. The molecule has 0 bridgehead atoms. The first kappa shape index (κ1) is 19.9. The van der Waals surface area contributed by atoms with Gasteiger partial charge in [-0.1, -0.05) is 31.2 Å². The van der Waals surface area contributed by atoms with Gasteiger partial charge in [-0.05, 0) is 68.2 Å². The van der Waals surface area contributed by atoms with Crippen LogP contribution < -0.4 is 5.32 Å². The van der Waals surface area contributed by atoms with Crippen LogP contribution in [0.15, 0.2) is 36.4 Å². The molecule has 1 atom stereocenters. The fourth-order valence-corrected chi connectivity index (χ4v) is 5.13. The average Bonchev–Trinajstić information content (AvgIpc) is 3.41. The Morgan fingerprint density at radius 1 is 1.10 bits per heavy atom. The number of carbonyl (C=O) groups excluding carboxylic acids is 2. The van der Waals surface area contributed by atoms with Crippen LogP contribution in [-0.2, 0) is 12.8 Å². The van der Waals surface area contributed by atoms with Gasteiger partial charge < -0.3 is 15.2 Å². The lowest BCUT2D eigenvalue weighted by Gasteiger charge is -2.20. The maximum Gasteiger partial charge on any atom is 0.257 e. The van der Waals surface area contributed by atoms with E-state index in [1.807, 2.05) is 42.2 Å². The van der Waals surface area contributed by atoms with Crippen molar-refractivity contribution in [2.45, 2.75) is 46.0 Å². The number of carbonyl (C=O) groups is 2. The summed E-state index contributed by atoms with van der Waals surface area (Å²) >= 11 is 0. The largest absolute Gasteiger partial charge is 0.358 e. The molecule has 2 aromatic carbocycles. The van der Waals surface area contributed by atoms with Gasteiger partial charge in [0.25, 0.3) is 11.8 Å². The summed E-state index contributed by atoms with van der Waals surface area (Å²) in [6, 6.07) is 11.6. The summed E-state index contributed by atoms with van der Waals surface area (Å²) in [4.78, 5) is 31.9. The molecule has 3 aromatic rings. The third-order valence-corrected chi connectivity index (χ3v) is 6.84. The van der Waals surface area contributed by atoms with E-state index in [-0.39, 0.29) is 11.8 Å². The molecule has 1 unspecified atom stereocenters. The van der Waals surface area contributed by atoms with Crippen molar-refractivity contribution in [1.29, 1.82) is 0 Å². The Hall–Kier alpha value is -3.08. The highest BCUT2D eigenvalue weighted by atomic mass is 16.2. The summed E-state index contributed by atoms with van der Waals surface area (Å²) in [5.74, 6) is 0.488. The van der Waals surface area contributed by atoms with Crippen molar-refractivity contribution in [3.8, 4) is 0 Å². The van der Waals surface area contributed by atoms with Crippen molar-refractivity contribution in [3.63, 3.8) is 0 Å². The van der Waals surface area contributed by atoms with E-state index in [0.29, 0.717) is 22.7 Å². The number of H-pyrrole nitrogens is 1. The molecule has 1 aliphatic heterocycles. The number of anilines is 1. The van der Waals surface area contributed by atoms with Crippen LogP contribution in [0.5, 0.6) is 0 Å². The molecule has 2 aliphatic rings. The second-order valence-corrected chi connectivity index (χ2v) is 9.11. The number of fused-ring (bicyclic) bond motifs is 3. The highest BCUT2D eigenvalue weighted by molar-refractivity contribution is 6.15.